The highest BCUT2D eigenvalue weighted by molar-refractivity contribution is 6.20. The first-order chi connectivity index (χ1) is 14.9. The zero-order chi connectivity index (χ0) is 22.1. The van der Waals surface area contributed by atoms with Gasteiger partial charge in [-0.15, -0.1) is 5.06 Å². The van der Waals surface area contributed by atoms with Crippen LogP contribution in [0.15, 0.2) is 45.2 Å². The second kappa shape index (κ2) is 8.28. The van der Waals surface area contributed by atoms with Gasteiger partial charge in [-0.2, -0.15) is 0 Å². The molecule has 0 spiro atoms. The van der Waals surface area contributed by atoms with Crippen LogP contribution in [0.2, 0.25) is 0 Å². The number of hydrogen-bond acceptors (Lipinski definition) is 8. The van der Waals surface area contributed by atoms with Crippen molar-refractivity contribution >= 4 is 18.0 Å². The minimum absolute atomic E-state index is 0.139. The minimum atomic E-state index is -0.702. The molecule has 0 saturated carbocycles. The Bertz CT molecular complexity index is 1130. The smallest absolute Gasteiger partial charge is 0.330 e. The molecule has 2 aliphatic rings. The predicted molar refractivity (Wildman–Crippen MR) is 106 cm³/mol. The van der Waals surface area contributed by atoms with Gasteiger partial charge in [0.25, 0.3) is 17.4 Å². The molecule has 31 heavy (non-hydrogen) atoms. The lowest BCUT2D eigenvalue weighted by atomic mass is 10.0. The van der Waals surface area contributed by atoms with E-state index in [1.165, 1.54) is 24.1 Å². The molecular formula is C20H20N4O7. The average Bonchev–Trinajstić information content (AvgIpc) is 3.27. The molecule has 0 radical (unpaired) electrons. The van der Waals surface area contributed by atoms with Crippen molar-refractivity contribution in [3.8, 4) is 0 Å². The molecular weight excluding hydrogens is 408 g/mol. The van der Waals surface area contributed by atoms with Crippen molar-refractivity contribution in [3.05, 3.63) is 68.0 Å². The number of ether oxygens (including phenoxy) is 1. The Balaban J connectivity index is 1.52. The second-order valence-corrected chi connectivity index (χ2v) is 7.19. The summed E-state index contributed by atoms with van der Waals surface area (Å²) in [5.74, 6) is -1.44. The lowest BCUT2D eigenvalue weighted by Gasteiger charge is -2.19. The number of hydroxylamine groups is 2. The molecule has 3 atom stereocenters. The Morgan fingerprint density at radius 1 is 1.19 bits per heavy atom. The quantitative estimate of drug-likeness (QED) is 0.405. The first kappa shape index (κ1) is 20.7. The number of hydrogen-bond donors (Lipinski definition) is 1. The number of carbonyl (C=O) groups excluding carboxylic acids is 2. The van der Waals surface area contributed by atoms with Crippen LogP contribution in [-0.4, -0.2) is 52.5 Å². The van der Waals surface area contributed by atoms with Gasteiger partial charge in [-0.3, -0.25) is 28.8 Å². The average molecular weight is 428 g/mol. The third kappa shape index (κ3) is 3.80. The van der Waals surface area contributed by atoms with Crippen molar-refractivity contribution in [1.29, 1.82) is 0 Å². The van der Waals surface area contributed by atoms with Crippen LogP contribution in [0.25, 0.3) is 0 Å². The summed E-state index contributed by atoms with van der Waals surface area (Å²) in [6.07, 6.45) is 1.94. The second-order valence-electron chi connectivity index (χ2n) is 7.19. The molecule has 11 nitrogen and oxygen atoms in total. The molecule has 162 valence electrons. The number of oxime groups is 1. The summed E-state index contributed by atoms with van der Waals surface area (Å²) in [5.41, 5.74) is -0.181. The standard InChI is InChI=1S/C20H20N4O7/c1-11-9-23(20(28)22-17(11)25)16-7-12(8-21-29-2)15(31-16)10-30-24-18(26)13-5-3-4-6-14(13)19(24)27/h3-6,8-9,12,15-16H,7,10H2,1-2H3,(H,22,25,28)/t12-,15-,16-/m1/s1. The number of H-pyrrole nitrogens is 1. The molecule has 0 aliphatic carbocycles. The Labute approximate surface area is 175 Å². The first-order valence-electron chi connectivity index (χ1n) is 9.55. The van der Waals surface area contributed by atoms with Crippen molar-refractivity contribution in [2.45, 2.75) is 25.7 Å². The van der Waals surface area contributed by atoms with Crippen LogP contribution in [0, 0.1) is 12.8 Å². The molecule has 1 aromatic carbocycles. The minimum Gasteiger partial charge on any atom is -0.399 e. The predicted octanol–water partition coefficient (Wildman–Crippen LogP) is 0.609. The number of imide groups is 1. The summed E-state index contributed by atoms with van der Waals surface area (Å²) in [5, 5.41) is 4.49. The zero-order valence-electron chi connectivity index (χ0n) is 16.8. The lowest BCUT2D eigenvalue weighted by molar-refractivity contribution is -0.133. The highest BCUT2D eigenvalue weighted by atomic mass is 16.7. The van der Waals surface area contributed by atoms with E-state index < -0.39 is 35.4 Å². The molecule has 2 aliphatic heterocycles. The molecule has 0 unspecified atom stereocenters. The highest BCUT2D eigenvalue weighted by Gasteiger charge is 2.40. The molecule has 1 N–H and O–H groups in total. The van der Waals surface area contributed by atoms with E-state index in [0.29, 0.717) is 17.0 Å². The van der Waals surface area contributed by atoms with Crippen LogP contribution >= 0.6 is 0 Å². The largest absolute Gasteiger partial charge is 0.399 e. The number of fused-ring (bicyclic) bond motifs is 1. The fraction of sp³-hybridized carbons (Fsp3) is 0.350. The first-order valence-corrected chi connectivity index (χ1v) is 9.55. The van der Waals surface area contributed by atoms with Crippen molar-refractivity contribution in [2.75, 3.05) is 13.7 Å². The van der Waals surface area contributed by atoms with Crippen LogP contribution < -0.4 is 11.2 Å². The summed E-state index contributed by atoms with van der Waals surface area (Å²) in [7, 11) is 1.39. The number of benzene rings is 1. The summed E-state index contributed by atoms with van der Waals surface area (Å²) in [4.78, 5) is 61.3. The van der Waals surface area contributed by atoms with Crippen molar-refractivity contribution < 1.29 is 24.0 Å². The van der Waals surface area contributed by atoms with Crippen LogP contribution in [0.3, 0.4) is 0 Å². The number of carbonyl (C=O) groups is 2. The molecule has 2 aromatic rings. The van der Waals surface area contributed by atoms with Crippen LogP contribution in [-0.2, 0) is 14.4 Å². The third-order valence-corrected chi connectivity index (χ3v) is 5.22. The van der Waals surface area contributed by atoms with Crippen LogP contribution in [0.4, 0.5) is 0 Å². The topological polar surface area (TPSA) is 132 Å². The van der Waals surface area contributed by atoms with Gasteiger partial charge in [0.05, 0.1) is 17.2 Å². The number of amides is 2. The highest BCUT2D eigenvalue weighted by Crippen LogP contribution is 2.33. The fourth-order valence-electron chi connectivity index (χ4n) is 3.61. The maximum absolute atomic E-state index is 12.5. The molecule has 1 fully saturated rings. The van der Waals surface area contributed by atoms with Gasteiger partial charge in [0, 0.05) is 30.3 Å². The Hall–Kier alpha value is -3.57. The summed E-state index contributed by atoms with van der Waals surface area (Å²) < 4.78 is 7.24. The van der Waals surface area contributed by atoms with E-state index in [1.807, 2.05) is 0 Å². The number of aromatic nitrogens is 2. The van der Waals surface area contributed by atoms with Crippen molar-refractivity contribution in [3.63, 3.8) is 0 Å². The van der Waals surface area contributed by atoms with Gasteiger partial charge in [-0.25, -0.2) is 4.79 Å². The van der Waals surface area contributed by atoms with Gasteiger partial charge >= 0.3 is 5.69 Å². The van der Waals surface area contributed by atoms with Crippen LogP contribution in [0.1, 0.15) is 38.9 Å². The Morgan fingerprint density at radius 2 is 1.87 bits per heavy atom. The number of nitrogens with one attached hydrogen (secondary N) is 1. The van der Waals surface area contributed by atoms with Gasteiger partial charge in [0.15, 0.2) is 0 Å². The maximum Gasteiger partial charge on any atom is 0.330 e. The van der Waals surface area contributed by atoms with E-state index in [9.17, 15) is 19.2 Å². The number of nitrogens with zero attached hydrogens (tertiary/aromatic N) is 3. The monoisotopic (exact) mass is 428 g/mol. The maximum atomic E-state index is 12.5. The third-order valence-electron chi connectivity index (χ3n) is 5.22. The summed E-state index contributed by atoms with van der Waals surface area (Å²) >= 11 is 0. The Morgan fingerprint density at radius 3 is 2.52 bits per heavy atom. The number of aryl methyl sites for hydroxylation is 1. The van der Waals surface area contributed by atoms with E-state index in [4.69, 9.17) is 14.4 Å². The normalized spacial score (nSPS) is 23.0. The number of aromatic amines is 1. The molecule has 1 aromatic heterocycles. The Kier molecular flexibility index (Phi) is 5.53. The summed E-state index contributed by atoms with van der Waals surface area (Å²) in [6, 6.07) is 6.44. The van der Waals surface area contributed by atoms with Crippen molar-refractivity contribution in [2.24, 2.45) is 11.1 Å². The molecule has 0 bridgehead atoms. The van der Waals surface area contributed by atoms with E-state index in [0.717, 1.165) is 0 Å². The lowest BCUT2D eigenvalue weighted by Crippen LogP contribution is -2.36. The zero-order valence-corrected chi connectivity index (χ0v) is 16.8. The van der Waals surface area contributed by atoms with Crippen LogP contribution in [0.5, 0.6) is 0 Å². The van der Waals surface area contributed by atoms with E-state index in [2.05, 4.69) is 10.1 Å². The van der Waals surface area contributed by atoms with Gasteiger partial charge in [0.2, 0.25) is 0 Å². The molecule has 4 rings (SSSR count). The molecule has 1 saturated heterocycles. The van der Waals surface area contributed by atoms with Gasteiger partial charge in [-0.1, -0.05) is 17.3 Å². The van der Waals surface area contributed by atoms with Gasteiger partial charge in [-0.05, 0) is 19.1 Å². The van der Waals surface area contributed by atoms with E-state index >= 15 is 0 Å². The molecule has 2 amide bonds. The van der Waals surface area contributed by atoms with E-state index in [1.54, 1.807) is 31.2 Å². The SMILES string of the molecule is CON=C[C@H]1C[C@H](n2cc(C)c(=O)[nH]c2=O)O[C@@H]1CON1C(=O)c2ccccc2C1=O. The number of rotatable bonds is 6. The summed E-state index contributed by atoms with van der Waals surface area (Å²) in [6.45, 7) is 1.44. The molecule has 3 heterocycles. The van der Waals surface area contributed by atoms with Gasteiger partial charge in [0.1, 0.15) is 19.9 Å². The molecule has 11 heteroatoms. The fourth-order valence-corrected chi connectivity index (χ4v) is 3.61. The van der Waals surface area contributed by atoms with E-state index in [-0.39, 0.29) is 23.7 Å². The van der Waals surface area contributed by atoms with Crippen molar-refractivity contribution in [1.82, 2.24) is 14.6 Å². The van der Waals surface area contributed by atoms with Gasteiger partial charge < -0.3 is 9.57 Å².